The average Bonchev–Trinajstić information content (AvgIpc) is 3.11. The number of carbonyl (C=O) groups is 2. The van der Waals surface area contributed by atoms with Crippen LogP contribution in [0.15, 0.2) is 107 Å². The van der Waals surface area contributed by atoms with E-state index in [1.54, 1.807) is 26.0 Å². The van der Waals surface area contributed by atoms with E-state index in [4.69, 9.17) is 9.47 Å². The number of anilines is 2. The van der Waals surface area contributed by atoms with Crippen molar-refractivity contribution in [2.45, 2.75) is 32.6 Å². The first-order valence-corrected chi connectivity index (χ1v) is 16.6. The van der Waals surface area contributed by atoms with Crippen LogP contribution >= 0.6 is 0 Å². The van der Waals surface area contributed by atoms with Crippen LogP contribution in [0.4, 0.5) is 17.1 Å². The van der Waals surface area contributed by atoms with E-state index < -0.39 is 22.8 Å². The van der Waals surface area contributed by atoms with Gasteiger partial charge in [0.2, 0.25) is 0 Å². The maximum absolute atomic E-state index is 13.6. The van der Waals surface area contributed by atoms with Crippen molar-refractivity contribution >= 4 is 29.0 Å². The lowest BCUT2D eigenvalue weighted by atomic mass is 9.80. The minimum Gasteiger partial charge on any atom is -0.462 e. The van der Waals surface area contributed by atoms with Crippen LogP contribution in [0, 0.1) is 10.1 Å². The van der Waals surface area contributed by atoms with Crippen LogP contribution in [-0.2, 0) is 19.1 Å². The molecule has 5 N–H and O–H groups in total. The van der Waals surface area contributed by atoms with Crippen molar-refractivity contribution in [1.82, 2.24) is 16.0 Å². The molecule has 260 valence electrons. The molecule has 3 aromatic carbocycles. The number of rotatable bonds is 20. The Morgan fingerprint density at radius 2 is 1.18 bits per heavy atom. The Balaban J connectivity index is 1.31. The van der Waals surface area contributed by atoms with Gasteiger partial charge < -0.3 is 36.1 Å². The smallest absolute Gasteiger partial charge is 0.336 e. The molecule has 12 nitrogen and oxygen atoms in total. The fourth-order valence-electron chi connectivity index (χ4n) is 5.52. The third kappa shape index (κ3) is 11.5. The van der Waals surface area contributed by atoms with Crippen molar-refractivity contribution in [3.8, 4) is 0 Å². The third-order valence-corrected chi connectivity index (χ3v) is 7.89. The van der Waals surface area contributed by atoms with Gasteiger partial charge in [0.1, 0.15) is 0 Å². The standard InChI is InChI=1S/C37H46N6O6/c1-27-33(36(44)48-24-10-18-38-20-22-40-30-13-5-3-6-14-30)35(29-12-9-17-32(26-29)43(46)47)34(28(2)42-27)37(45)49-25-11-19-39-21-23-41-31-15-7-4-8-16-31/h3-9,12-17,26,35,38-42H,10-11,18-25H2,1-2H3. The summed E-state index contributed by atoms with van der Waals surface area (Å²) in [4.78, 5) is 38.3. The lowest BCUT2D eigenvalue weighted by Gasteiger charge is -2.30. The van der Waals surface area contributed by atoms with Gasteiger partial charge >= 0.3 is 11.9 Å². The predicted molar refractivity (Wildman–Crippen MR) is 191 cm³/mol. The van der Waals surface area contributed by atoms with Gasteiger partial charge in [-0.2, -0.15) is 0 Å². The fraction of sp³-hybridized carbons (Fsp3) is 0.351. The first kappa shape index (κ1) is 36.6. The number of hydrogen-bond acceptors (Lipinski definition) is 11. The molecule has 0 fully saturated rings. The number of esters is 2. The average molecular weight is 671 g/mol. The highest BCUT2D eigenvalue weighted by Crippen LogP contribution is 2.40. The highest BCUT2D eigenvalue weighted by Gasteiger charge is 2.38. The van der Waals surface area contributed by atoms with Crippen LogP contribution in [0.5, 0.6) is 0 Å². The molecule has 1 aliphatic rings. The summed E-state index contributed by atoms with van der Waals surface area (Å²) in [7, 11) is 0. The fourth-order valence-corrected chi connectivity index (χ4v) is 5.52. The number of nitro benzene ring substituents is 1. The summed E-state index contributed by atoms with van der Waals surface area (Å²) >= 11 is 0. The maximum Gasteiger partial charge on any atom is 0.336 e. The number of carbonyl (C=O) groups excluding carboxylic acids is 2. The number of ether oxygens (including phenoxy) is 2. The first-order valence-electron chi connectivity index (χ1n) is 16.6. The molecule has 0 saturated carbocycles. The molecule has 0 bridgehead atoms. The molecule has 0 saturated heterocycles. The van der Waals surface area contributed by atoms with E-state index in [-0.39, 0.29) is 30.0 Å². The summed E-state index contributed by atoms with van der Waals surface area (Å²) < 4.78 is 11.4. The van der Waals surface area contributed by atoms with Crippen LogP contribution in [0.2, 0.25) is 0 Å². The SMILES string of the molecule is CC1=C(C(=O)OCCCNCCNc2ccccc2)C(c2cccc([N+](=O)[O-])c2)C(C(=O)OCCCNCCNc2ccccc2)=C(C)N1. The van der Waals surface area contributed by atoms with Gasteiger partial charge in [0.15, 0.2) is 0 Å². The van der Waals surface area contributed by atoms with Gasteiger partial charge in [-0.15, -0.1) is 0 Å². The molecular formula is C37H46N6O6. The van der Waals surface area contributed by atoms with E-state index in [9.17, 15) is 19.7 Å². The summed E-state index contributed by atoms with van der Waals surface area (Å²) in [5.41, 5.74) is 3.82. The summed E-state index contributed by atoms with van der Waals surface area (Å²) in [5, 5.41) is 28.1. The van der Waals surface area contributed by atoms with Crippen molar-refractivity contribution in [2.75, 3.05) is 63.1 Å². The third-order valence-electron chi connectivity index (χ3n) is 7.89. The largest absolute Gasteiger partial charge is 0.462 e. The van der Waals surface area contributed by atoms with E-state index in [2.05, 4.69) is 26.6 Å². The van der Waals surface area contributed by atoms with E-state index in [1.807, 2.05) is 60.7 Å². The second-order valence-electron chi connectivity index (χ2n) is 11.6. The number of hydrogen-bond donors (Lipinski definition) is 5. The van der Waals surface area contributed by atoms with E-state index in [0.717, 1.165) is 37.6 Å². The zero-order chi connectivity index (χ0) is 34.8. The molecular weight excluding hydrogens is 624 g/mol. The molecule has 49 heavy (non-hydrogen) atoms. The zero-order valence-electron chi connectivity index (χ0n) is 28.1. The maximum atomic E-state index is 13.6. The number of para-hydroxylation sites is 2. The van der Waals surface area contributed by atoms with Crippen molar-refractivity contribution in [3.05, 3.63) is 123 Å². The molecule has 3 aromatic rings. The summed E-state index contributed by atoms with van der Waals surface area (Å²) in [6, 6.07) is 25.8. The second kappa shape index (κ2) is 19.6. The number of nitrogens with zero attached hydrogens (tertiary/aromatic N) is 1. The Hall–Kier alpha value is -5.20. The van der Waals surface area contributed by atoms with Gasteiger partial charge in [-0.1, -0.05) is 48.5 Å². The normalized spacial score (nSPS) is 13.1. The molecule has 0 amide bonds. The van der Waals surface area contributed by atoms with Gasteiger partial charge in [-0.25, -0.2) is 9.59 Å². The first-order chi connectivity index (χ1) is 23.8. The van der Waals surface area contributed by atoms with Crippen LogP contribution < -0.4 is 26.6 Å². The zero-order valence-corrected chi connectivity index (χ0v) is 28.1. The molecule has 12 heteroatoms. The van der Waals surface area contributed by atoms with Gasteiger partial charge in [0, 0.05) is 61.1 Å². The molecule has 0 aliphatic carbocycles. The van der Waals surface area contributed by atoms with Crippen LogP contribution in [0.1, 0.15) is 38.2 Å². The summed E-state index contributed by atoms with van der Waals surface area (Å²) in [5.74, 6) is -2.11. The highest BCUT2D eigenvalue weighted by atomic mass is 16.6. The lowest BCUT2D eigenvalue weighted by molar-refractivity contribution is -0.384. The number of benzene rings is 3. The van der Waals surface area contributed by atoms with Crippen molar-refractivity contribution < 1.29 is 24.0 Å². The Morgan fingerprint density at radius 3 is 1.65 bits per heavy atom. The van der Waals surface area contributed by atoms with Crippen LogP contribution in [-0.4, -0.2) is 69.3 Å². The topological polar surface area (TPSA) is 156 Å². The van der Waals surface area contributed by atoms with Crippen molar-refractivity contribution in [1.29, 1.82) is 0 Å². The van der Waals surface area contributed by atoms with Crippen molar-refractivity contribution in [2.24, 2.45) is 0 Å². The minimum absolute atomic E-state index is 0.146. The van der Waals surface area contributed by atoms with Gasteiger partial charge in [-0.3, -0.25) is 10.1 Å². The van der Waals surface area contributed by atoms with Crippen molar-refractivity contribution in [3.63, 3.8) is 0 Å². The van der Waals surface area contributed by atoms with Gasteiger partial charge in [0.05, 0.1) is 35.2 Å². The monoisotopic (exact) mass is 670 g/mol. The predicted octanol–water partition coefficient (Wildman–Crippen LogP) is 5.10. The second-order valence-corrected chi connectivity index (χ2v) is 11.6. The Bertz CT molecular complexity index is 1510. The lowest BCUT2D eigenvalue weighted by Crippen LogP contribution is -2.33. The Labute approximate surface area is 287 Å². The van der Waals surface area contributed by atoms with Gasteiger partial charge in [-0.05, 0) is 69.6 Å². The Morgan fingerprint density at radius 1 is 0.694 bits per heavy atom. The number of allylic oxidation sites excluding steroid dienone is 2. The number of dihydropyridines is 1. The van der Waals surface area contributed by atoms with E-state index in [1.165, 1.54) is 12.1 Å². The van der Waals surface area contributed by atoms with Crippen LogP contribution in [0.25, 0.3) is 0 Å². The number of nitro groups is 1. The summed E-state index contributed by atoms with van der Waals surface area (Å²) in [6.45, 7) is 8.04. The number of non-ortho nitro benzene ring substituents is 1. The molecule has 0 radical (unpaired) electrons. The summed E-state index contributed by atoms with van der Waals surface area (Å²) in [6.07, 6.45) is 1.16. The molecule has 0 unspecified atom stereocenters. The van der Waals surface area contributed by atoms with E-state index in [0.29, 0.717) is 42.9 Å². The molecule has 0 aromatic heterocycles. The van der Waals surface area contributed by atoms with Gasteiger partial charge in [0.25, 0.3) is 5.69 Å². The van der Waals surface area contributed by atoms with E-state index >= 15 is 0 Å². The highest BCUT2D eigenvalue weighted by molar-refractivity contribution is 6.00. The number of nitrogens with one attached hydrogen (secondary N) is 5. The molecule has 1 heterocycles. The molecule has 1 aliphatic heterocycles. The van der Waals surface area contributed by atoms with Crippen LogP contribution in [0.3, 0.4) is 0 Å². The molecule has 4 rings (SSSR count). The minimum atomic E-state index is -0.912. The Kier molecular flexibility index (Phi) is 14.6. The molecule has 0 spiro atoms. The quantitative estimate of drug-likeness (QED) is 0.0472. The molecule has 0 atom stereocenters.